The zero-order chi connectivity index (χ0) is 32.4. The number of ether oxygens (including phenoxy) is 1. The number of carbonyl (C=O) groups is 3. The number of aryl methyl sites for hydroxylation is 1. The number of hydrogen-bond donors (Lipinski definition) is 3. The fraction of sp³-hybridized carbons (Fsp3) is 0.412. The van der Waals surface area contributed by atoms with Crippen LogP contribution in [0, 0.1) is 18.8 Å². The van der Waals surface area contributed by atoms with Crippen LogP contribution in [0.25, 0.3) is 10.9 Å². The van der Waals surface area contributed by atoms with Crippen LogP contribution in [0.3, 0.4) is 0 Å². The molecular weight excluding hydrogens is 595 g/mol. The van der Waals surface area contributed by atoms with Crippen LogP contribution in [0.1, 0.15) is 65.6 Å². The number of carbonyl (C=O) groups excluding carboxylic acids is 3. The third-order valence-corrected chi connectivity index (χ3v) is 9.36. The zero-order valence-corrected chi connectivity index (χ0v) is 25.5. The van der Waals surface area contributed by atoms with Crippen LogP contribution >= 0.6 is 0 Å². The molecule has 2 aliphatic rings. The fourth-order valence-electron chi connectivity index (χ4n) is 6.82. The first-order chi connectivity index (χ1) is 22.2. The number of anilines is 1. The van der Waals surface area contributed by atoms with E-state index in [2.05, 4.69) is 10.3 Å². The van der Waals surface area contributed by atoms with Crippen LogP contribution in [0.4, 0.5) is 10.1 Å². The van der Waals surface area contributed by atoms with Crippen LogP contribution in [-0.2, 0) is 20.9 Å². The lowest BCUT2D eigenvalue weighted by atomic mass is 9.78. The molecule has 1 saturated carbocycles. The number of hydrogen-bond acceptors (Lipinski definition) is 8. The number of aromatic nitrogens is 1. The van der Waals surface area contributed by atoms with Gasteiger partial charge in [0.2, 0.25) is 11.8 Å². The highest BCUT2D eigenvalue weighted by Crippen LogP contribution is 2.38. The molecule has 46 heavy (non-hydrogen) atoms. The van der Waals surface area contributed by atoms with E-state index in [1.54, 1.807) is 29.2 Å². The second kappa shape index (κ2) is 13.3. The van der Waals surface area contributed by atoms with E-state index in [0.717, 1.165) is 5.56 Å². The average molecular weight is 633 g/mol. The zero-order valence-electron chi connectivity index (χ0n) is 25.5. The molecule has 3 atom stereocenters. The molecular formula is C34H37FN4O7. The summed E-state index contributed by atoms with van der Waals surface area (Å²) in [7, 11) is 0. The van der Waals surface area contributed by atoms with Gasteiger partial charge in [0.15, 0.2) is 18.1 Å². The summed E-state index contributed by atoms with van der Waals surface area (Å²) in [5.74, 6) is -1.84. The van der Waals surface area contributed by atoms with Crippen molar-refractivity contribution in [3.05, 3.63) is 88.0 Å². The van der Waals surface area contributed by atoms with Crippen molar-refractivity contribution in [2.75, 3.05) is 18.5 Å². The predicted molar refractivity (Wildman–Crippen MR) is 167 cm³/mol. The minimum atomic E-state index is -0.869. The number of halogens is 1. The summed E-state index contributed by atoms with van der Waals surface area (Å²) in [6.07, 6.45) is 3.30. The Morgan fingerprint density at radius 3 is 2.52 bits per heavy atom. The van der Waals surface area contributed by atoms with Gasteiger partial charge in [-0.2, -0.15) is 0 Å². The molecule has 0 unspecified atom stereocenters. The SMILES string of the molecule is Cc1oc(=O)oc1COC(=O)c1cc2cc(NC(=O)[C@@H]3[C@@H](c4ccccc4)CCN3C(=O)[C@H]3CC[C@H]([C@H](N)CF)CC3)ccc2[nH]1. The van der Waals surface area contributed by atoms with Crippen molar-refractivity contribution in [3.63, 3.8) is 0 Å². The highest BCUT2D eigenvalue weighted by molar-refractivity contribution is 6.01. The van der Waals surface area contributed by atoms with E-state index in [4.69, 9.17) is 19.3 Å². The van der Waals surface area contributed by atoms with Gasteiger partial charge in [-0.25, -0.2) is 14.0 Å². The van der Waals surface area contributed by atoms with Crippen LogP contribution in [-0.4, -0.2) is 53.0 Å². The Balaban J connectivity index is 1.17. The largest absolute Gasteiger partial charge is 0.519 e. The number of nitrogens with two attached hydrogens (primary N) is 1. The second-order valence-corrected chi connectivity index (χ2v) is 12.2. The van der Waals surface area contributed by atoms with E-state index >= 15 is 0 Å². The molecule has 2 aromatic heterocycles. The van der Waals surface area contributed by atoms with Crippen molar-refractivity contribution in [1.29, 1.82) is 0 Å². The molecule has 1 saturated heterocycles. The van der Waals surface area contributed by atoms with Crippen molar-refractivity contribution < 1.29 is 32.3 Å². The van der Waals surface area contributed by atoms with Gasteiger partial charge in [-0.05, 0) is 74.8 Å². The van der Waals surface area contributed by atoms with Crippen molar-refractivity contribution in [1.82, 2.24) is 9.88 Å². The first-order valence-corrected chi connectivity index (χ1v) is 15.6. The number of amides is 2. The molecule has 2 fully saturated rings. The predicted octanol–water partition coefficient (Wildman–Crippen LogP) is 4.81. The Morgan fingerprint density at radius 2 is 1.83 bits per heavy atom. The average Bonchev–Trinajstić information content (AvgIpc) is 3.79. The molecule has 6 rings (SSSR count). The molecule has 0 bridgehead atoms. The quantitative estimate of drug-likeness (QED) is 0.222. The van der Waals surface area contributed by atoms with Crippen LogP contribution < -0.4 is 16.9 Å². The van der Waals surface area contributed by atoms with E-state index < -0.39 is 30.5 Å². The van der Waals surface area contributed by atoms with Gasteiger partial charge in [0, 0.05) is 41.0 Å². The number of nitrogens with one attached hydrogen (secondary N) is 2. The van der Waals surface area contributed by atoms with Gasteiger partial charge in [0.25, 0.3) is 0 Å². The van der Waals surface area contributed by atoms with Crippen molar-refractivity contribution in [2.24, 2.45) is 17.6 Å². The van der Waals surface area contributed by atoms with Crippen LogP contribution in [0.2, 0.25) is 0 Å². The minimum Gasteiger partial charge on any atom is -0.453 e. The highest BCUT2D eigenvalue weighted by atomic mass is 19.1. The maximum absolute atomic E-state index is 14.0. The van der Waals surface area contributed by atoms with Crippen molar-refractivity contribution in [2.45, 2.75) is 63.6 Å². The molecule has 0 spiro atoms. The standard InChI is InChI=1S/C34H37FN4O7/c1-19-29(46-34(43)45-19)18-44-33(42)28-16-23-15-24(11-12-27(23)38-28)37-31(40)30-25(20-5-3-2-4-6-20)13-14-39(30)32(41)22-9-7-21(8-10-22)26(36)17-35/h2-6,11-12,15-16,21-22,25-26,30,38H,7-10,13-14,17-18,36H2,1H3,(H,37,40)/t21-,22-,25-,26-,30+/m1/s1. The van der Waals surface area contributed by atoms with Gasteiger partial charge in [-0.1, -0.05) is 30.3 Å². The van der Waals surface area contributed by atoms with Crippen molar-refractivity contribution >= 4 is 34.4 Å². The van der Waals surface area contributed by atoms with Gasteiger partial charge >= 0.3 is 11.8 Å². The van der Waals surface area contributed by atoms with E-state index in [-0.39, 0.29) is 53.4 Å². The fourth-order valence-corrected chi connectivity index (χ4v) is 6.82. The molecule has 2 aromatic carbocycles. The number of alkyl halides is 1. The lowest BCUT2D eigenvalue weighted by molar-refractivity contribution is -0.141. The molecule has 1 aliphatic heterocycles. The Labute approximate surface area is 264 Å². The highest BCUT2D eigenvalue weighted by Gasteiger charge is 2.44. The number of benzene rings is 2. The first kappa shape index (κ1) is 31.3. The molecule has 3 heterocycles. The molecule has 12 heteroatoms. The van der Waals surface area contributed by atoms with Crippen molar-refractivity contribution in [3.8, 4) is 0 Å². The van der Waals surface area contributed by atoms with Crippen LogP contribution in [0.5, 0.6) is 0 Å². The number of H-pyrrole nitrogens is 1. The van der Waals surface area contributed by atoms with E-state index in [1.807, 2.05) is 30.3 Å². The Morgan fingerprint density at radius 1 is 1.07 bits per heavy atom. The maximum atomic E-state index is 14.0. The molecule has 1 aliphatic carbocycles. The molecule has 242 valence electrons. The summed E-state index contributed by atoms with van der Waals surface area (Å²) in [5, 5.41) is 3.68. The first-order valence-electron chi connectivity index (χ1n) is 15.6. The lowest BCUT2D eigenvalue weighted by Gasteiger charge is -2.35. The summed E-state index contributed by atoms with van der Waals surface area (Å²) >= 11 is 0. The normalized spacial score (nSPS) is 22.1. The Kier molecular flexibility index (Phi) is 9.07. The molecule has 11 nitrogen and oxygen atoms in total. The summed E-state index contributed by atoms with van der Waals surface area (Å²) in [6.45, 7) is 1.17. The van der Waals surface area contributed by atoms with Gasteiger partial charge < -0.3 is 34.5 Å². The number of rotatable bonds is 9. The Hall–Kier alpha value is -4.71. The van der Waals surface area contributed by atoms with Gasteiger partial charge in [-0.15, -0.1) is 0 Å². The molecule has 2 amide bonds. The third-order valence-electron chi connectivity index (χ3n) is 9.36. The lowest BCUT2D eigenvalue weighted by Crippen LogP contribution is -2.48. The van der Waals surface area contributed by atoms with Gasteiger partial charge in [0.1, 0.15) is 18.4 Å². The molecule has 4 N–H and O–H groups in total. The maximum Gasteiger partial charge on any atom is 0.519 e. The van der Waals surface area contributed by atoms with Gasteiger partial charge in [-0.3, -0.25) is 9.59 Å². The number of likely N-dealkylation sites (tertiary alicyclic amines) is 1. The van der Waals surface area contributed by atoms with E-state index in [9.17, 15) is 23.6 Å². The van der Waals surface area contributed by atoms with E-state index in [0.29, 0.717) is 55.2 Å². The summed E-state index contributed by atoms with van der Waals surface area (Å²) in [6, 6.07) is 15.4. The topological polar surface area (TPSA) is 161 Å². The van der Waals surface area contributed by atoms with E-state index in [1.165, 1.54) is 6.92 Å². The minimum absolute atomic E-state index is 0.0417. The second-order valence-electron chi connectivity index (χ2n) is 12.2. The third kappa shape index (κ3) is 6.48. The number of aromatic amines is 1. The molecule has 4 aromatic rings. The summed E-state index contributed by atoms with van der Waals surface area (Å²) < 4.78 is 28.1. The number of esters is 1. The van der Waals surface area contributed by atoms with Crippen LogP contribution in [0.15, 0.2) is 68.2 Å². The molecule has 0 radical (unpaired) electrons. The number of nitrogens with zero attached hydrogens (tertiary/aromatic N) is 1. The smallest absolute Gasteiger partial charge is 0.453 e. The summed E-state index contributed by atoms with van der Waals surface area (Å²) in [5.41, 5.74) is 8.27. The Bertz CT molecular complexity index is 1770. The van der Waals surface area contributed by atoms with Gasteiger partial charge in [0.05, 0.1) is 0 Å². The number of fused-ring (bicyclic) bond motifs is 1. The monoisotopic (exact) mass is 632 g/mol. The summed E-state index contributed by atoms with van der Waals surface area (Å²) in [4.78, 5) is 56.5.